The van der Waals surface area contributed by atoms with E-state index in [1.165, 1.54) is 38.2 Å². The molecule has 0 saturated carbocycles. The van der Waals surface area contributed by atoms with Crippen molar-refractivity contribution >= 4 is 17.5 Å². The molecule has 0 saturated heterocycles. The number of aryl methyl sites for hydroxylation is 2. The van der Waals surface area contributed by atoms with E-state index >= 15 is 0 Å². The Morgan fingerprint density at radius 1 is 0.966 bits per heavy atom. The Bertz CT molecular complexity index is 894. The van der Waals surface area contributed by atoms with Crippen LogP contribution in [0.1, 0.15) is 48.9 Å². The Kier molecular flexibility index (Phi) is 6.75. The molecule has 1 aliphatic rings. The normalized spacial score (nSPS) is 13.8. The van der Waals surface area contributed by atoms with Gasteiger partial charge in [-0.3, -0.25) is 9.59 Å². The summed E-state index contributed by atoms with van der Waals surface area (Å²) in [6, 6.07) is 11.2. The Morgan fingerprint density at radius 3 is 2.41 bits per heavy atom. The van der Waals surface area contributed by atoms with E-state index < -0.39 is 11.8 Å². The Morgan fingerprint density at radius 2 is 1.72 bits per heavy atom. The van der Waals surface area contributed by atoms with Crippen LogP contribution in [0.3, 0.4) is 0 Å². The van der Waals surface area contributed by atoms with E-state index in [4.69, 9.17) is 9.47 Å². The molecular weight excluding hydrogens is 368 g/mol. The van der Waals surface area contributed by atoms with Crippen LogP contribution in [0, 0.1) is 0 Å². The fourth-order valence-electron chi connectivity index (χ4n) is 3.71. The minimum atomic E-state index is -0.743. The minimum Gasteiger partial charge on any atom is -0.497 e. The monoisotopic (exact) mass is 396 g/mol. The molecule has 154 valence electrons. The lowest BCUT2D eigenvalue weighted by Crippen LogP contribution is -2.37. The molecule has 6 heteroatoms. The highest BCUT2D eigenvalue weighted by molar-refractivity contribution is 6.39. The molecule has 0 spiro atoms. The zero-order chi connectivity index (χ0) is 20.8. The third-order valence-corrected chi connectivity index (χ3v) is 5.35. The largest absolute Gasteiger partial charge is 0.497 e. The van der Waals surface area contributed by atoms with Crippen LogP contribution in [0.15, 0.2) is 36.4 Å². The molecule has 0 aliphatic heterocycles. The number of amides is 2. The number of hydrogen-bond acceptors (Lipinski definition) is 4. The van der Waals surface area contributed by atoms with Crippen LogP contribution in [0.25, 0.3) is 0 Å². The van der Waals surface area contributed by atoms with Crippen molar-refractivity contribution in [3.8, 4) is 11.5 Å². The summed E-state index contributed by atoms with van der Waals surface area (Å²) in [7, 11) is 3.03. The van der Waals surface area contributed by atoms with Gasteiger partial charge in [-0.15, -0.1) is 0 Å². The van der Waals surface area contributed by atoms with Gasteiger partial charge < -0.3 is 20.1 Å². The van der Waals surface area contributed by atoms with Crippen molar-refractivity contribution in [2.24, 2.45) is 0 Å². The zero-order valence-electron chi connectivity index (χ0n) is 17.2. The standard InChI is InChI=1S/C23H28N2O4/c1-4-19(17-10-9-15-7-5-6-8-16(15)13-17)24-22(26)23(27)25-20-14-18(28-2)11-12-21(20)29-3/h9-14,19H,4-8H2,1-3H3,(H,24,26)(H,25,27). The van der Waals surface area contributed by atoms with Crippen molar-refractivity contribution in [3.05, 3.63) is 53.1 Å². The first-order chi connectivity index (χ1) is 14.0. The van der Waals surface area contributed by atoms with Gasteiger partial charge in [0.2, 0.25) is 0 Å². The Labute approximate surface area is 171 Å². The summed E-state index contributed by atoms with van der Waals surface area (Å²) < 4.78 is 10.4. The predicted molar refractivity (Wildman–Crippen MR) is 112 cm³/mol. The van der Waals surface area contributed by atoms with E-state index in [9.17, 15) is 9.59 Å². The van der Waals surface area contributed by atoms with Gasteiger partial charge in [0, 0.05) is 6.07 Å². The van der Waals surface area contributed by atoms with Crippen molar-refractivity contribution in [1.29, 1.82) is 0 Å². The molecule has 2 N–H and O–H groups in total. The first-order valence-electron chi connectivity index (χ1n) is 10.0. The van der Waals surface area contributed by atoms with Gasteiger partial charge in [-0.05, 0) is 60.9 Å². The van der Waals surface area contributed by atoms with Gasteiger partial charge in [-0.1, -0.05) is 25.1 Å². The van der Waals surface area contributed by atoms with Gasteiger partial charge in [0.25, 0.3) is 0 Å². The number of ether oxygens (including phenoxy) is 2. The molecule has 0 aromatic heterocycles. The highest BCUT2D eigenvalue weighted by Crippen LogP contribution is 2.29. The maximum absolute atomic E-state index is 12.5. The van der Waals surface area contributed by atoms with Crippen LogP contribution in [0.5, 0.6) is 11.5 Å². The summed E-state index contributed by atoms with van der Waals surface area (Å²) in [6.07, 6.45) is 5.31. The van der Waals surface area contributed by atoms with Crippen molar-refractivity contribution < 1.29 is 19.1 Å². The quantitative estimate of drug-likeness (QED) is 0.729. The molecule has 3 rings (SSSR count). The summed E-state index contributed by atoms with van der Waals surface area (Å²) in [6.45, 7) is 1.99. The fraction of sp³-hybridized carbons (Fsp3) is 0.391. The number of anilines is 1. The highest BCUT2D eigenvalue weighted by Gasteiger charge is 2.21. The van der Waals surface area contributed by atoms with Crippen molar-refractivity contribution in [3.63, 3.8) is 0 Å². The number of fused-ring (bicyclic) bond motifs is 1. The summed E-state index contributed by atoms with van der Waals surface area (Å²) in [5.41, 5.74) is 4.16. The van der Waals surface area contributed by atoms with Crippen LogP contribution in [0.4, 0.5) is 5.69 Å². The second-order valence-electron chi connectivity index (χ2n) is 7.19. The van der Waals surface area contributed by atoms with Gasteiger partial charge in [0.05, 0.1) is 25.9 Å². The van der Waals surface area contributed by atoms with Crippen LogP contribution in [-0.2, 0) is 22.4 Å². The second-order valence-corrected chi connectivity index (χ2v) is 7.19. The number of carbonyl (C=O) groups is 2. The molecule has 0 heterocycles. The number of hydrogen-bond donors (Lipinski definition) is 2. The van der Waals surface area contributed by atoms with Crippen molar-refractivity contribution in [2.45, 2.75) is 45.1 Å². The molecule has 0 radical (unpaired) electrons. The number of rotatable bonds is 6. The number of nitrogens with one attached hydrogen (secondary N) is 2. The van der Waals surface area contributed by atoms with Gasteiger partial charge in [-0.2, -0.15) is 0 Å². The number of benzene rings is 2. The van der Waals surface area contributed by atoms with E-state index in [-0.39, 0.29) is 6.04 Å². The summed E-state index contributed by atoms with van der Waals surface area (Å²) >= 11 is 0. The average molecular weight is 396 g/mol. The van der Waals surface area contributed by atoms with E-state index in [0.717, 1.165) is 18.4 Å². The number of carbonyl (C=O) groups excluding carboxylic acids is 2. The summed E-state index contributed by atoms with van der Waals surface area (Å²) in [4.78, 5) is 25.0. The third kappa shape index (κ3) is 4.88. The molecule has 0 fully saturated rings. The Balaban J connectivity index is 1.70. The maximum Gasteiger partial charge on any atom is 0.313 e. The molecular formula is C23H28N2O4. The maximum atomic E-state index is 12.5. The molecule has 1 unspecified atom stereocenters. The van der Waals surface area contributed by atoms with Gasteiger partial charge >= 0.3 is 11.8 Å². The van der Waals surface area contributed by atoms with E-state index in [0.29, 0.717) is 23.6 Å². The third-order valence-electron chi connectivity index (χ3n) is 5.35. The predicted octanol–water partition coefficient (Wildman–Crippen LogP) is 3.79. The molecule has 1 aliphatic carbocycles. The van der Waals surface area contributed by atoms with Gasteiger partial charge in [0.1, 0.15) is 11.5 Å². The highest BCUT2D eigenvalue weighted by atomic mass is 16.5. The average Bonchev–Trinajstić information content (AvgIpc) is 2.76. The first kappa shape index (κ1) is 20.7. The van der Waals surface area contributed by atoms with Crippen LogP contribution in [0.2, 0.25) is 0 Å². The molecule has 2 aromatic carbocycles. The molecule has 6 nitrogen and oxygen atoms in total. The van der Waals surface area contributed by atoms with Crippen LogP contribution < -0.4 is 20.1 Å². The van der Waals surface area contributed by atoms with Crippen LogP contribution >= 0.6 is 0 Å². The lowest BCUT2D eigenvalue weighted by Gasteiger charge is -2.21. The lowest BCUT2D eigenvalue weighted by atomic mass is 9.89. The first-order valence-corrected chi connectivity index (χ1v) is 10.0. The van der Waals surface area contributed by atoms with Crippen LogP contribution in [-0.4, -0.2) is 26.0 Å². The van der Waals surface area contributed by atoms with E-state index in [1.54, 1.807) is 18.2 Å². The molecule has 2 aromatic rings. The fourth-order valence-corrected chi connectivity index (χ4v) is 3.71. The minimum absolute atomic E-state index is 0.215. The number of methoxy groups -OCH3 is 2. The van der Waals surface area contributed by atoms with Crippen molar-refractivity contribution in [2.75, 3.05) is 19.5 Å². The lowest BCUT2D eigenvalue weighted by molar-refractivity contribution is -0.136. The van der Waals surface area contributed by atoms with E-state index in [1.807, 2.05) is 6.92 Å². The molecule has 1 atom stereocenters. The second kappa shape index (κ2) is 9.45. The smallest absolute Gasteiger partial charge is 0.313 e. The van der Waals surface area contributed by atoms with Gasteiger partial charge in [0.15, 0.2) is 0 Å². The van der Waals surface area contributed by atoms with E-state index in [2.05, 4.69) is 28.8 Å². The molecule has 2 amide bonds. The summed E-state index contributed by atoms with van der Waals surface area (Å²) in [5, 5.41) is 5.46. The Hall–Kier alpha value is -3.02. The SMILES string of the molecule is CCC(NC(=O)C(=O)Nc1cc(OC)ccc1OC)c1ccc2c(c1)CCCC2. The molecule has 29 heavy (non-hydrogen) atoms. The van der Waals surface area contributed by atoms with Crippen molar-refractivity contribution in [1.82, 2.24) is 5.32 Å². The van der Waals surface area contributed by atoms with Gasteiger partial charge in [-0.25, -0.2) is 0 Å². The zero-order valence-corrected chi connectivity index (χ0v) is 17.2. The topological polar surface area (TPSA) is 76.7 Å². The summed E-state index contributed by atoms with van der Waals surface area (Å²) in [5.74, 6) is -0.414. The molecule has 0 bridgehead atoms.